The number of carboxylic acid groups (broad SMARTS) is 1. The van der Waals surface area contributed by atoms with Crippen molar-refractivity contribution in [2.45, 2.75) is 19.3 Å². The van der Waals surface area contributed by atoms with Gasteiger partial charge in [0.1, 0.15) is 17.5 Å². The first-order valence-corrected chi connectivity index (χ1v) is 6.07. The van der Waals surface area contributed by atoms with Crippen molar-refractivity contribution in [1.82, 2.24) is 9.97 Å². The summed E-state index contributed by atoms with van der Waals surface area (Å²) in [7, 11) is 1.61. The molecule has 0 aliphatic carbocycles. The third-order valence-electron chi connectivity index (χ3n) is 3.03. The Balaban J connectivity index is 2.26. The van der Waals surface area contributed by atoms with Crippen LogP contribution in [0.1, 0.15) is 25.1 Å². The summed E-state index contributed by atoms with van der Waals surface area (Å²) < 4.78 is 5.09. The number of H-pyrrole nitrogens is 1. The number of rotatable bonds is 5. The van der Waals surface area contributed by atoms with Gasteiger partial charge in [0.05, 0.1) is 19.0 Å². The maximum atomic E-state index is 11.1. The zero-order chi connectivity index (χ0) is 13.8. The molecule has 2 aromatic rings. The fourth-order valence-corrected chi connectivity index (χ4v) is 1.92. The second kappa shape index (κ2) is 5.56. The predicted molar refractivity (Wildman–Crippen MR) is 71.2 cm³/mol. The Labute approximate surface area is 111 Å². The molecule has 1 atom stereocenters. The average Bonchev–Trinajstić information content (AvgIpc) is 2.89. The highest BCUT2D eigenvalue weighted by molar-refractivity contribution is 5.75. The fraction of sp³-hybridized carbons (Fsp3) is 0.286. The highest BCUT2D eigenvalue weighted by atomic mass is 16.5. The SMILES string of the molecule is CCC(C(=O)O)c1ncc(-c2ccc(OC)cc2)[nH]1. The maximum absolute atomic E-state index is 11.1. The smallest absolute Gasteiger partial charge is 0.314 e. The van der Waals surface area contributed by atoms with Gasteiger partial charge in [-0.2, -0.15) is 0 Å². The molecule has 1 unspecified atom stereocenters. The monoisotopic (exact) mass is 260 g/mol. The summed E-state index contributed by atoms with van der Waals surface area (Å²) in [4.78, 5) is 18.3. The molecule has 0 saturated carbocycles. The zero-order valence-corrected chi connectivity index (χ0v) is 10.9. The van der Waals surface area contributed by atoms with Crippen molar-refractivity contribution in [2.75, 3.05) is 7.11 Å². The Morgan fingerprint density at radius 2 is 2.11 bits per heavy atom. The normalized spacial score (nSPS) is 12.1. The van der Waals surface area contributed by atoms with E-state index in [1.807, 2.05) is 31.2 Å². The van der Waals surface area contributed by atoms with E-state index in [0.717, 1.165) is 17.0 Å². The van der Waals surface area contributed by atoms with Crippen molar-refractivity contribution >= 4 is 5.97 Å². The Kier molecular flexibility index (Phi) is 3.85. The number of hydrogen-bond donors (Lipinski definition) is 2. The van der Waals surface area contributed by atoms with Gasteiger partial charge in [-0.1, -0.05) is 6.92 Å². The van der Waals surface area contributed by atoms with Gasteiger partial charge in [0.15, 0.2) is 0 Å². The molecule has 1 heterocycles. The van der Waals surface area contributed by atoms with Crippen molar-refractivity contribution in [3.8, 4) is 17.0 Å². The molecule has 2 N–H and O–H groups in total. The molecule has 100 valence electrons. The van der Waals surface area contributed by atoms with Crippen LogP contribution in [0.3, 0.4) is 0 Å². The van der Waals surface area contributed by atoms with Crippen LogP contribution in [0.15, 0.2) is 30.5 Å². The lowest BCUT2D eigenvalue weighted by Crippen LogP contribution is -2.11. The van der Waals surface area contributed by atoms with E-state index in [0.29, 0.717) is 12.2 Å². The molecule has 5 heteroatoms. The van der Waals surface area contributed by atoms with Crippen molar-refractivity contribution in [2.24, 2.45) is 0 Å². The van der Waals surface area contributed by atoms with Crippen LogP contribution in [0.5, 0.6) is 5.75 Å². The number of nitrogens with one attached hydrogen (secondary N) is 1. The van der Waals surface area contributed by atoms with E-state index < -0.39 is 11.9 Å². The number of aliphatic carboxylic acids is 1. The van der Waals surface area contributed by atoms with Crippen LogP contribution >= 0.6 is 0 Å². The number of aromatic amines is 1. The minimum atomic E-state index is -0.863. The molecule has 0 radical (unpaired) electrons. The molecule has 0 fully saturated rings. The van der Waals surface area contributed by atoms with Crippen LogP contribution in [-0.2, 0) is 4.79 Å². The standard InChI is InChI=1S/C14H16N2O3/c1-3-11(14(17)18)13-15-8-12(16-13)9-4-6-10(19-2)7-5-9/h4-8,11H,3H2,1-2H3,(H,15,16)(H,17,18). The zero-order valence-electron chi connectivity index (χ0n) is 10.9. The van der Waals surface area contributed by atoms with Gasteiger partial charge in [0.25, 0.3) is 0 Å². The van der Waals surface area contributed by atoms with Gasteiger partial charge in [0.2, 0.25) is 0 Å². The van der Waals surface area contributed by atoms with E-state index in [1.165, 1.54) is 0 Å². The first-order chi connectivity index (χ1) is 9.15. The number of carboxylic acids is 1. The van der Waals surface area contributed by atoms with Crippen molar-refractivity contribution < 1.29 is 14.6 Å². The average molecular weight is 260 g/mol. The third kappa shape index (κ3) is 2.76. The van der Waals surface area contributed by atoms with Gasteiger partial charge in [-0.25, -0.2) is 4.98 Å². The number of hydrogen-bond acceptors (Lipinski definition) is 3. The van der Waals surface area contributed by atoms with Gasteiger partial charge in [-0.05, 0) is 36.2 Å². The molecule has 19 heavy (non-hydrogen) atoms. The topological polar surface area (TPSA) is 75.2 Å². The lowest BCUT2D eigenvalue weighted by molar-refractivity contribution is -0.139. The largest absolute Gasteiger partial charge is 0.497 e. The Hall–Kier alpha value is -2.30. The second-order valence-electron chi connectivity index (χ2n) is 4.21. The number of imidazole rings is 1. The molecule has 2 rings (SSSR count). The molecule has 0 aliphatic heterocycles. The summed E-state index contributed by atoms with van der Waals surface area (Å²) in [5.74, 6) is -0.189. The summed E-state index contributed by atoms with van der Waals surface area (Å²) in [6.45, 7) is 1.83. The molecule has 0 bridgehead atoms. The number of aromatic nitrogens is 2. The first-order valence-electron chi connectivity index (χ1n) is 6.07. The predicted octanol–water partition coefficient (Wildman–Crippen LogP) is 2.66. The fourth-order valence-electron chi connectivity index (χ4n) is 1.92. The van der Waals surface area contributed by atoms with Crippen LogP contribution in [0.2, 0.25) is 0 Å². The summed E-state index contributed by atoms with van der Waals surface area (Å²) in [5, 5.41) is 9.10. The minimum absolute atomic E-state index is 0.487. The van der Waals surface area contributed by atoms with Crippen LogP contribution < -0.4 is 4.74 Å². The second-order valence-corrected chi connectivity index (χ2v) is 4.21. The van der Waals surface area contributed by atoms with Gasteiger partial charge in [-0.15, -0.1) is 0 Å². The minimum Gasteiger partial charge on any atom is -0.497 e. The molecule has 5 nitrogen and oxygen atoms in total. The summed E-state index contributed by atoms with van der Waals surface area (Å²) >= 11 is 0. The van der Waals surface area contributed by atoms with Crippen molar-refractivity contribution in [3.05, 3.63) is 36.3 Å². The Morgan fingerprint density at radius 1 is 1.42 bits per heavy atom. The van der Waals surface area contributed by atoms with E-state index in [-0.39, 0.29) is 0 Å². The molecular formula is C14H16N2O3. The molecule has 0 saturated heterocycles. The van der Waals surface area contributed by atoms with E-state index in [1.54, 1.807) is 13.3 Å². The van der Waals surface area contributed by atoms with Crippen LogP contribution in [-0.4, -0.2) is 28.2 Å². The molecule has 0 spiro atoms. The molecular weight excluding hydrogens is 244 g/mol. The quantitative estimate of drug-likeness (QED) is 0.866. The first kappa shape index (κ1) is 13.1. The molecule has 1 aromatic heterocycles. The van der Waals surface area contributed by atoms with Gasteiger partial charge >= 0.3 is 5.97 Å². The Morgan fingerprint density at radius 3 is 2.63 bits per heavy atom. The summed E-state index contributed by atoms with van der Waals surface area (Å²) in [6, 6.07) is 7.50. The van der Waals surface area contributed by atoms with Gasteiger partial charge in [0, 0.05) is 0 Å². The van der Waals surface area contributed by atoms with E-state index in [9.17, 15) is 4.79 Å². The van der Waals surface area contributed by atoms with Crippen molar-refractivity contribution in [3.63, 3.8) is 0 Å². The van der Waals surface area contributed by atoms with E-state index >= 15 is 0 Å². The van der Waals surface area contributed by atoms with E-state index in [2.05, 4.69) is 9.97 Å². The third-order valence-corrected chi connectivity index (χ3v) is 3.03. The van der Waals surface area contributed by atoms with Crippen LogP contribution in [0.4, 0.5) is 0 Å². The maximum Gasteiger partial charge on any atom is 0.314 e. The molecule has 1 aromatic carbocycles. The van der Waals surface area contributed by atoms with Gasteiger partial charge in [-0.3, -0.25) is 4.79 Å². The van der Waals surface area contributed by atoms with Crippen LogP contribution in [0, 0.1) is 0 Å². The highest BCUT2D eigenvalue weighted by Crippen LogP contribution is 2.23. The lowest BCUT2D eigenvalue weighted by Gasteiger charge is -2.05. The summed E-state index contributed by atoms with van der Waals surface area (Å²) in [5.41, 5.74) is 1.75. The number of methoxy groups -OCH3 is 1. The number of ether oxygens (including phenoxy) is 1. The van der Waals surface area contributed by atoms with Crippen molar-refractivity contribution in [1.29, 1.82) is 0 Å². The summed E-state index contributed by atoms with van der Waals surface area (Å²) in [6.07, 6.45) is 2.16. The van der Waals surface area contributed by atoms with Gasteiger partial charge < -0.3 is 14.8 Å². The van der Waals surface area contributed by atoms with Crippen LogP contribution in [0.25, 0.3) is 11.3 Å². The highest BCUT2D eigenvalue weighted by Gasteiger charge is 2.20. The number of benzene rings is 1. The molecule has 0 amide bonds. The molecule has 0 aliphatic rings. The Bertz CT molecular complexity index is 560. The number of nitrogens with zero attached hydrogens (tertiary/aromatic N) is 1. The number of carbonyl (C=O) groups is 1. The lowest BCUT2D eigenvalue weighted by atomic mass is 10.1. The van der Waals surface area contributed by atoms with E-state index in [4.69, 9.17) is 9.84 Å².